The largest absolute Gasteiger partial charge is 0.490 e. The van der Waals surface area contributed by atoms with E-state index in [0.717, 1.165) is 17.7 Å². The summed E-state index contributed by atoms with van der Waals surface area (Å²) in [6.07, 6.45) is 3.82. The van der Waals surface area contributed by atoms with Gasteiger partial charge in [0, 0.05) is 18.5 Å². The molecular formula is C19H20N4O4S. The van der Waals surface area contributed by atoms with Crippen LogP contribution in [0.15, 0.2) is 60.0 Å². The van der Waals surface area contributed by atoms with Crippen molar-refractivity contribution in [1.29, 1.82) is 0 Å². The molecule has 3 aromatic rings. The highest BCUT2D eigenvalue weighted by atomic mass is 32.2. The van der Waals surface area contributed by atoms with Crippen molar-refractivity contribution in [3.8, 4) is 17.2 Å². The number of aromatic nitrogens is 3. The number of rotatable bonds is 5. The van der Waals surface area contributed by atoms with Crippen LogP contribution in [-0.4, -0.2) is 36.4 Å². The van der Waals surface area contributed by atoms with Crippen LogP contribution < -0.4 is 14.2 Å². The van der Waals surface area contributed by atoms with E-state index in [2.05, 4.69) is 14.8 Å². The molecule has 1 atom stereocenters. The minimum atomic E-state index is -3.72. The average molecular weight is 400 g/mol. The highest BCUT2D eigenvalue weighted by Gasteiger charge is 2.21. The number of ether oxygens (including phenoxy) is 2. The maximum absolute atomic E-state index is 12.8. The Morgan fingerprint density at radius 2 is 1.82 bits per heavy atom. The van der Waals surface area contributed by atoms with Gasteiger partial charge in [-0.05, 0) is 36.8 Å². The molecule has 0 saturated carbocycles. The highest BCUT2D eigenvalue weighted by molar-refractivity contribution is 7.89. The van der Waals surface area contributed by atoms with E-state index in [0.29, 0.717) is 24.7 Å². The molecule has 0 fully saturated rings. The van der Waals surface area contributed by atoms with Gasteiger partial charge in [0.25, 0.3) is 0 Å². The summed E-state index contributed by atoms with van der Waals surface area (Å²) < 4.78 is 41.1. The highest BCUT2D eigenvalue weighted by Crippen LogP contribution is 2.32. The number of nitrogens with zero attached hydrogens (tertiary/aromatic N) is 3. The fourth-order valence-electron chi connectivity index (χ4n) is 2.94. The zero-order chi connectivity index (χ0) is 19.6. The lowest BCUT2D eigenvalue weighted by atomic mass is 10.1. The van der Waals surface area contributed by atoms with Crippen LogP contribution in [0, 0.1) is 0 Å². The number of nitrogens with one attached hydrogen (secondary N) is 1. The molecule has 146 valence electrons. The molecule has 2 heterocycles. The van der Waals surface area contributed by atoms with E-state index in [9.17, 15) is 8.42 Å². The van der Waals surface area contributed by atoms with Gasteiger partial charge in [-0.2, -0.15) is 5.10 Å². The minimum absolute atomic E-state index is 0.142. The van der Waals surface area contributed by atoms with Gasteiger partial charge in [-0.1, -0.05) is 12.1 Å². The predicted octanol–water partition coefficient (Wildman–Crippen LogP) is 2.47. The molecule has 0 amide bonds. The van der Waals surface area contributed by atoms with Gasteiger partial charge >= 0.3 is 0 Å². The van der Waals surface area contributed by atoms with Gasteiger partial charge in [0.15, 0.2) is 11.5 Å². The first kappa shape index (κ1) is 18.5. The van der Waals surface area contributed by atoms with Crippen LogP contribution in [0.1, 0.15) is 24.9 Å². The molecule has 1 aromatic heterocycles. The molecule has 0 saturated heterocycles. The molecule has 28 heavy (non-hydrogen) atoms. The van der Waals surface area contributed by atoms with Crippen LogP contribution in [0.4, 0.5) is 0 Å². The summed E-state index contributed by atoms with van der Waals surface area (Å²) in [5, 5.41) is 4.07. The van der Waals surface area contributed by atoms with Crippen molar-refractivity contribution in [2.24, 2.45) is 0 Å². The predicted molar refractivity (Wildman–Crippen MR) is 102 cm³/mol. The van der Waals surface area contributed by atoms with Crippen molar-refractivity contribution in [2.45, 2.75) is 24.3 Å². The first-order valence-electron chi connectivity index (χ1n) is 8.90. The topological polar surface area (TPSA) is 95.3 Å². The van der Waals surface area contributed by atoms with Gasteiger partial charge in [-0.3, -0.25) is 0 Å². The van der Waals surface area contributed by atoms with E-state index in [1.54, 1.807) is 24.0 Å². The fraction of sp³-hybridized carbons (Fsp3) is 0.263. The molecular weight excluding hydrogens is 380 g/mol. The van der Waals surface area contributed by atoms with E-state index < -0.39 is 16.1 Å². The minimum Gasteiger partial charge on any atom is -0.490 e. The zero-order valence-electron chi connectivity index (χ0n) is 15.3. The Hall–Kier alpha value is -2.91. The number of hydrogen-bond donors (Lipinski definition) is 1. The molecule has 0 aliphatic carbocycles. The molecule has 1 aliphatic heterocycles. The number of sulfonamides is 1. The normalized spacial score (nSPS) is 15.0. The molecule has 0 spiro atoms. The molecule has 1 N–H and O–H groups in total. The molecule has 1 unspecified atom stereocenters. The van der Waals surface area contributed by atoms with Crippen molar-refractivity contribution < 1.29 is 17.9 Å². The van der Waals surface area contributed by atoms with Crippen LogP contribution in [-0.2, 0) is 10.0 Å². The van der Waals surface area contributed by atoms with Gasteiger partial charge < -0.3 is 9.47 Å². The zero-order valence-corrected chi connectivity index (χ0v) is 16.1. The van der Waals surface area contributed by atoms with Crippen LogP contribution in [0.5, 0.6) is 11.5 Å². The van der Waals surface area contributed by atoms with E-state index in [1.807, 2.05) is 24.3 Å². The van der Waals surface area contributed by atoms with Crippen LogP contribution in [0.3, 0.4) is 0 Å². The Balaban J connectivity index is 1.52. The van der Waals surface area contributed by atoms with E-state index >= 15 is 0 Å². The third-order valence-electron chi connectivity index (χ3n) is 4.44. The maximum Gasteiger partial charge on any atom is 0.241 e. The molecule has 8 nitrogen and oxygen atoms in total. The van der Waals surface area contributed by atoms with Gasteiger partial charge in [0.2, 0.25) is 10.0 Å². The Bertz CT molecular complexity index is 1050. The number of fused-ring (bicyclic) bond motifs is 1. The summed E-state index contributed by atoms with van der Waals surface area (Å²) in [6.45, 7) is 2.85. The second-order valence-corrected chi connectivity index (χ2v) is 8.15. The molecule has 2 aromatic carbocycles. The third-order valence-corrected chi connectivity index (χ3v) is 5.98. The lowest BCUT2D eigenvalue weighted by molar-refractivity contribution is 0.297. The monoisotopic (exact) mass is 400 g/mol. The molecule has 4 rings (SSSR count). The maximum atomic E-state index is 12.8. The molecule has 0 bridgehead atoms. The van der Waals surface area contributed by atoms with Gasteiger partial charge in [0.1, 0.15) is 12.7 Å². The van der Waals surface area contributed by atoms with E-state index in [1.165, 1.54) is 18.5 Å². The SMILES string of the molecule is CC(NS(=O)(=O)c1ccc2c(c1)OCCCO2)c1ccc(-n2cncn2)cc1. The second-order valence-electron chi connectivity index (χ2n) is 6.43. The quantitative estimate of drug-likeness (QED) is 0.707. The first-order valence-corrected chi connectivity index (χ1v) is 10.4. The van der Waals surface area contributed by atoms with Gasteiger partial charge in [-0.15, -0.1) is 0 Å². The Kier molecular flexibility index (Phi) is 5.01. The van der Waals surface area contributed by atoms with Gasteiger partial charge in [-0.25, -0.2) is 22.8 Å². The fourth-order valence-corrected chi connectivity index (χ4v) is 4.18. The second kappa shape index (κ2) is 7.61. The summed E-state index contributed by atoms with van der Waals surface area (Å²) in [5.41, 5.74) is 1.68. The standard InChI is InChI=1S/C19H20N4O4S/c1-14(15-3-5-16(6-4-15)23-13-20-12-21-23)22-28(24,25)17-7-8-18-19(11-17)27-10-2-9-26-18/h3-8,11-14,22H,2,9-10H2,1H3. The molecule has 9 heteroatoms. The Morgan fingerprint density at radius 3 is 2.54 bits per heavy atom. The lowest BCUT2D eigenvalue weighted by Gasteiger charge is -2.16. The lowest BCUT2D eigenvalue weighted by Crippen LogP contribution is -2.27. The van der Waals surface area contributed by atoms with Crippen molar-refractivity contribution in [3.05, 3.63) is 60.7 Å². The van der Waals surface area contributed by atoms with Crippen molar-refractivity contribution in [2.75, 3.05) is 13.2 Å². The van der Waals surface area contributed by atoms with Crippen molar-refractivity contribution in [3.63, 3.8) is 0 Å². The summed E-state index contributed by atoms with van der Waals surface area (Å²) in [7, 11) is -3.72. The summed E-state index contributed by atoms with van der Waals surface area (Å²) in [6, 6.07) is 11.7. The number of benzene rings is 2. The van der Waals surface area contributed by atoms with Crippen molar-refractivity contribution in [1.82, 2.24) is 19.5 Å². The molecule has 0 radical (unpaired) electrons. The van der Waals surface area contributed by atoms with Crippen LogP contribution in [0.2, 0.25) is 0 Å². The third kappa shape index (κ3) is 3.85. The summed E-state index contributed by atoms with van der Waals surface area (Å²) in [4.78, 5) is 4.06. The van der Waals surface area contributed by atoms with E-state index in [-0.39, 0.29) is 4.90 Å². The Labute approximate surface area is 163 Å². The molecule has 1 aliphatic rings. The summed E-state index contributed by atoms with van der Waals surface area (Å²) in [5.74, 6) is 1.01. The Morgan fingerprint density at radius 1 is 1.07 bits per heavy atom. The van der Waals surface area contributed by atoms with Gasteiger partial charge in [0.05, 0.1) is 23.8 Å². The van der Waals surface area contributed by atoms with Crippen LogP contribution in [0.25, 0.3) is 5.69 Å². The smallest absolute Gasteiger partial charge is 0.241 e. The number of hydrogen-bond acceptors (Lipinski definition) is 6. The summed E-state index contributed by atoms with van der Waals surface area (Å²) >= 11 is 0. The average Bonchev–Trinajstić information content (AvgIpc) is 3.13. The van der Waals surface area contributed by atoms with Crippen LogP contribution >= 0.6 is 0 Å². The van der Waals surface area contributed by atoms with E-state index in [4.69, 9.17) is 9.47 Å². The van der Waals surface area contributed by atoms with Crippen molar-refractivity contribution >= 4 is 10.0 Å². The first-order chi connectivity index (χ1) is 13.5.